The Balaban J connectivity index is 3.44. The van der Waals surface area contributed by atoms with Crippen molar-refractivity contribution in [2.75, 3.05) is 13.6 Å². The van der Waals surface area contributed by atoms with Crippen LogP contribution in [0, 0.1) is 0 Å². The number of unbranched alkanes of at least 4 members (excludes halogenated alkanes) is 3. The van der Waals surface area contributed by atoms with Gasteiger partial charge in [-0.15, -0.1) is 0 Å². The molecule has 0 aliphatic carbocycles. The van der Waals surface area contributed by atoms with Gasteiger partial charge < -0.3 is 10.6 Å². The number of rotatable bonds is 11. The third-order valence-corrected chi connectivity index (χ3v) is 3.09. The Labute approximate surface area is 111 Å². The van der Waals surface area contributed by atoms with E-state index < -0.39 is 0 Å². The highest BCUT2D eigenvalue weighted by molar-refractivity contribution is 5.81. The van der Waals surface area contributed by atoms with E-state index in [1.807, 2.05) is 7.05 Å². The molecule has 0 fully saturated rings. The summed E-state index contributed by atoms with van der Waals surface area (Å²) in [7, 11) is 1.81. The van der Waals surface area contributed by atoms with Gasteiger partial charge in [-0.1, -0.05) is 19.8 Å². The summed E-state index contributed by atoms with van der Waals surface area (Å²) >= 11 is 0. The quantitative estimate of drug-likeness (QED) is 0.556. The summed E-state index contributed by atoms with van der Waals surface area (Å²) in [5.74, 6) is 0.335. The summed E-state index contributed by atoms with van der Waals surface area (Å²) in [6.45, 7) is 4.46. The minimum atomic E-state index is -0.0368. The van der Waals surface area contributed by atoms with Crippen molar-refractivity contribution in [1.29, 1.82) is 0 Å². The van der Waals surface area contributed by atoms with Gasteiger partial charge in [-0.25, -0.2) is 0 Å². The molecule has 0 saturated heterocycles. The van der Waals surface area contributed by atoms with E-state index in [4.69, 9.17) is 0 Å². The zero-order valence-corrected chi connectivity index (χ0v) is 12.1. The molecule has 4 heteroatoms. The molecular formula is C14H28N2O2. The molecule has 0 bridgehead atoms. The maximum absolute atomic E-state index is 11.4. The molecular weight excluding hydrogens is 228 g/mol. The first-order valence-electron chi connectivity index (χ1n) is 7.06. The van der Waals surface area contributed by atoms with Crippen LogP contribution in [-0.2, 0) is 9.59 Å². The van der Waals surface area contributed by atoms with Crippen LogP contribution in [0.25, 0.3) is 0 Å². The van der Waals surface area contributed by atoms with Crippen molar-refractivity contribution in [3.63, 3.8) is 0 Å². The molecule has 1 amide bonds. The minimum Gasteiger partial charge on any atom is -0.356 e. The number of hydrogen-bond acceptors (Lipinski definition) is 3. The maximum atomic E-state index is 11.4. The lowest BCUT2D eigenvalue weighted by Gasteiger charge is -2.12. The Morgan fingerprint density at radius 1 is 1.11 bits per heavy atom. The predicted molar refractivity (Wildman–Crippen MR) is 74.5 cm³/mol. The largest absolute Gasteiger partial charge is 0.356 e. The van der Waals surface area contributed by atoms with Crippen molar-refractivity contribution >= 4 is 11.7 Å². The summed E-state index contributed by atoms with van der Waals surface area (Å²) in [4.78, 5) is 22.6. The molecule has 0 radical (unpaired) electrons. The lowest BCUT2D eigenvalue weighted by molar-refractivity contribution is -0.121. The molecule has 0 aromatic carbocycles. The lowest BCUT2D eigenvalue weighted by atomic mass is 10.1. The second-order valence-corrected chi connectivity index (χ2v) is 4.75. The number of Topliss-reactive ketones (excluding diaryl/α,β-unsaturated/α-hetero) is 1. The molecule has 1 atom stereocenters. The molecule has 0 aromatic rings. The van der Waals surface area contributed by atoms with Crippen LogP contribution in [0.1, 0.15) is 58.8 Å². The maximum Gasteiger partial charge on any atom is 0.219 e. The second-order valence-electron chi connectivity index (χ2n) is 4.75. The molecule has 0 heterocycles. The third-order valence-electron chi connectivity index (χ3n) is 3.09. The Hall–Kier alpha value is -0.900. The number of nitrogens with one attached hydrogen (secondary N) is 2. The zero-order valence-electron chi connectivity index (χ0n) is 12.1. The van der Waals surface area contributed by atoms with Gasteiger partial charge in [0.15, 0.2) is 0 Å². The van der Waals surface area contributed by atoms with Gasteiger partial charge in [-0.2, -0.15) is 0 Å². The van der Waals surface area contributed by atoms with Crippen molar-refractivity contribution in [2.24, 2.45) is 0 Å². The molecule has 1 unspecified atom stereocenters. The lowest BCUT2D eigenvalue weighted by Crippen LogP contribution is -2.32. The topological polar surface area (TPSA) is 58.2 Å². The van der Waals surface area contributed by atoms with Gasteiger partial charge in [0, 0.05) is 13.0 Å². The van der Waals surface area contributed by atoms with Crippen LogP contribution in [0.4, 0.5) is 0 Å². The number of amides is 1. The molecule has 0 spiro atoms. The molecule has 18 heavy (non-hydrogen) atoms. The number of hydrogen-bond donors (Lipinski definition) is 2. The van der Waals surface area contributed by atoms with Gasteiger partial charge in [-0.05, 0) is 39.7 Å². The fourth-order valence-corrected chi connectivity index (χ4v) is 1.88. The summed E-state index contributed by atoms with van der Waals surface area (Å²) in [6, 6.07) is -0.0368. The van der Waals surface area contributed by atoms with E-state index in [-0.39, 0.29) is 17.7 Å². The van der Waals surface area contributed by atoms with Crippen LogP contribution < -0.4 is 10.6 Å². The van der Waals surface area contributed by atoms with Crippen molar-refractivity contribution in [2.45, 2.75) is 64.8 Å². The van der Waals surface area contributed by atoms with E-state index in [0.717, 1.165) is 45.1 Å². The normalized spacial score (nSPS) is 12.2. The first kappa shape index (κ1) is 17.1. The summed E-state index contributed by atoms with van der Waals surface area (Å²) < 4.78 is 0. The number of likely N-dealkylation sites (N-methyl/N-ethyl adjacent to an activating group) is 1. The molecule has 0 aliphatic heterocycles. The summed E-state index contributed by atoms with van der Waals surface area (Å²) in [5.41, 5.74) is 0. The number of carbonyl (C=O) groups excluding carboxylic acids is 2. The molecule has 0 aliphatic rings. The highest BCUT2D eigenvalue weighted by Gasteiger charge is 2.10. The Bertz CT molecular complexity index is 242. The summed E-state index contributed by atoms with van der Waals surface area (Å²) in [6.07, 6.45) is 6.62. The molecule has 0 rings (SSSR count). The van der Waals surface area contributed by atoms with Crippen LogP contribution in [0.3, 0.4) is 0 Å². The predicted octanol–water partition coefficient (Wildman–Crippen LogP) is 2.03. The van der Waals surface area contributed by atoms with Gasteiger partial charge in [0.2, 0.25) is 5.91 Å². The van der Waals surface area contributed by atoms with E-state index in [0.29, 0.717) is 6.42 Å². The van der Waals surface area contributed by atoms with Crippen LogP contribution in [0.2, 0.25) is 0 Å². The average Bonchev–Trinajstić information content (AvgIpc) is 2.33. The van der Waals surface area contributed by atoms with Crippen molar-refractivity contribution < 1.29 is 9.59 Å². The third kappa shape index (κ3) is 9.16. The fraction of sp³-hybridized carbons (Fsp3) is 0.857. The second kappa shape index (κ2) is 11.2. The molecule has 106 valence electrons. The molecule has 0 saturated carbocycles. The molecule has 4 nitrogen and oxygen atoms in total. The van der Waals surface area contributed by atoms with Gasteiger partial charge >= 0.3 is 0 Å². The highest BCUT2D eigenvalue weighted by atomic mass is 16.1. The molecule has 2 N–H and O–H groups in total. The van der Waals surface area contributed by atoms with Gasteiger partial charge in [0.1, 0.15) is 5.78 Å². The number of carbonyl (C=O) groups is 2. The zero-order chi connectivity index (χ0) is 13.8. The van der Waals surface area contributed by atoms with Crippen molar-refractivity contribution in [3.8, 4) is 0 Å². The Kier molecular flexibility index (Phi) is 10.6. The first-order valence-corrected chi connectivity index (χ1v) is 7.06. The number of ketones is 1. The van der Waals surface area contributed by atoms with E-state index in [1.165, 1.54) is 0 Å². The van der Waals surface area contributed by atoms with Crippen LogP contribution in [0.5, 0.6) is 0 Å². The van der Waals surface area contributed by atoms with E-state index in [2.05, 4.69) is 17.6 Å². The highest BCUT2D eigenvalue weighted by Crippen LogP contribution is 2.02. The van der Waals surface area contributed by atoms with Crippen molar-refractivity contribution in [3.05, 3.63) is 0 Å². The standard InChI is InChI=1S/C14H28N2O2/c1-4-5-6-10-14(18)16-11-8-7-9-13(15-3)12(2)17/h13,15H,4-11H2,1-3H3,(H,16,18). The SMILES string of the molecule is CCCCCC(=O)NCCCCC(NC)C(C)=O. The van der Waals surface area contributed by atoms with E-state index in [9.17, 15) is 9.59 Å². The summed E-state index contributed by atoms with van der Waals surface area (Å²) in [5, 5.41) is 5.92. The first-order chi connectivity index (χ1) is 8.61. The van der Waals surface area contributed by atoms with Crippen LogP contribution in [-0.4, -0.2) is 31.3 Å². The van der Waals surface area contributed by atoms with Crippen LogP contribution in [0.15, 0.2) is 0 Å². The smallest absolute Gasteiger partial charge is 0.219 e. The van der Waals surface area contributed by atoms with E-state index >= 15 is 0 Å². The minimum absolute atomic E-state index is 0.0368. The van der Waals surface area contributed by atoms with Crippen LogP contribution >= 0.6 is 0 Å². The van der Waals surface area contributed by atoms with Gasteiger partial charge in [0.05, 0.1) is 6.04 Å². The fourth-order valence-electron chi connectivity index (χ4n) is 1.88. The van der Waals surface area contributed by atoms with E-state index in [1.54, 1.807) is 6.92 Å². The Morgan fingerprint density at radius 2 is 1.83 bits per heavy atom. The average molecular weight is 256 g/mol. The monoisotopic (exact) mass is 256 g/mol. The van der Waals surface area contributed by atoms with Crippen molar-refractivity contribution in [1.82, 2.24) is 10.6 Å². The van der Waals surface area contributed by atoms with Gasteiger partial charge in [0.25, 0.3) is 0 Å². The Morgan fingerprint density at radius 3 is 2.39 bits per heavy atom. The van der Waals surface area contributed by atoms with Gasteiger partial charge in [-0.3, -0.25) is 9.59 Å². The molecule has 0 aromatic heterocycles.